The first kappa shape index (κ1) is 18.5. The Hall–Kier alpha value is -2.33. The van der Waals surface area contributed by atoms with Crippen LogP contribution in [0.4, 0.5) is 0 Å². The van der Waals surface area contributed by atoms with Crippen LogP contribution in [0.3, 0.4) is 0 Å². The summed E-state index contributed by atoms with van der Waals surface area (Å²) in [7, 11) is 0. The molecule has 1 aliphatic carbocycles. The lowest BCUT2D eigenvalue weighted by Gasteiger charge is -2.07. The van der Waals surface area contributed by atoms with E-state index in [9.17, 15) is 9.59 Å². The van der Waals surface area contributed by atoms with Gasteiger partial charge in [-0.3, -0.25) is 9.59 Å². The van der Waals surface area contributed by atoms with Crippen molar-refractivity contribution in [2.24, 2.45) is 11.8 Å². The fraction of sp³-hybridized carbons (Fsp3) is 0.333. The molecule has 0 bridgehead atoms. The smallest absolute Gasteiger partial charge is 0.223 e. The molecule has 1 aliphatic rings. The van der Waals surface area contributed by atoms with Gasteiger partial charge >= 0.3 is 0 Å². The molecule has 4 nitrogen and oxygen atoms in total. The second-order valence-electron chi connectivity index (χ2n) is 6.65. The molecule has 3 rings (SSSR count). The molecule has 2 unspecified atom stereocenters. The Kier molecular flexibility index (Phi) is 6.29. The highest BCUT2D eigenvalue weighted by Gasteiger charge is 2.47. The number of nitrogens with one attached hydrogen (secondary N) is 2. The molecule has 1 fully saturated rings. The van der Waals surface area contributed by atoms with E-state index >= 15 is 0 Å². The van der Waals surface area contributed by atoms with E-state index in [0.29, 0.717) is 24.5 Å². The lowest BCUT2D eigenvalue weighted by Crippen LogP contribution is -2.32. The van der Waals surface area contributed by atoms with Crippen molar-refractivity contribution >= 4 is 23.4 Å². The maximum atomic E-state index is 12.2. The summed E-state index contributed by atoms with van der Waals surface area (Å²) in [6.45, 7) is 1.15. The zero-order valence-corrected chi connectivity index (χ0v) is 15.3. The van der Waals surface area contributed by atoms with E-state index in [1.807, 2.05) is 54.6 Å². The summed E-state index contributed by atoms with van der Waals surface area (Å²) in [5, 5.41) is 6.55. The molecule has 0 radical (unpaired) electrons. The van der Waals surface area contributed by atoms with Crippen LogP contribution in [-0.4, -0.2) is 24.9 Å². The zero-order chi connectivity index (χ0) is 18.4. The lowest BCUT2D eigenvalue weighted by atomic mass is 10.1. The van der Waals surface area contributed by atoms with Gasteiger partial charge in [0, 0.05) is 18.1 Å². The number of halogens is 1. The van der Waals surface area contributed by atoms with Crippen molar-refractivity contribution < 1.29 is 9.59 Å². The first-order valence-corrected chi connectivity index (χ1v) is 9.35. The van der Waals surface area contributed by atoms with E-state index in [-0.39, 0.29) is 23.7 Å². The van der Waals surface area contributed by atoms with Gasteiger partial charge in [0.25, 0.3) is 0 Å². The molecule has 26 heavy (non-hydrogen) atoms. The number of hydrogen-bond acceptors (Lipinski definition) is 2. The first-order chi connectivity index (χ1) is 12.6. The molecule has 1 saturated carbocycles. The van der Waals surface area contributed by atoms with E-state index in [0.717, 1.165) is 18.4 Å². The highest BCUT2D eigenvalue weighted by molar-refractivity contribution is 6.30. The van der Waals surface area contributed by atoms with Gasteiger partial charge in [0.2, 0.25) is 11.8 Å². The van der Waals surface area contributed by atoms with Crippen LogP contribution in [0, 0.1) is 11.8 Å². The predicted molar refractivity (Wildman–Crippen MR) is 103 cm³/mol. The molecular formula is C21H23ClN2O2. The molecule has 2 amide bonds. The van der Waals surface area contributed by atoms with E-state index < -0.39 is 0 Å². The summed E-state index contributed by atoms with van der Waals surface area (Å²) in [5.41, 5.74) is 2.28. The van der Waals surface area contributed by atoms with Gasteiger partial charge in [-0.25, -0.2) is 0 Å². The summed E-state index contributed by atoms with van der Waals surface area (Å²) in [6, 6.07) is 17.6. The Bertz CT molecular complexity index is 764. The quantitative estimate of drug-likeness (QED) is 0.750. The van der Waals surface area contributed by atoms with Crippen molar-refractivity contribution in [3.8, 4) is 0 Å². The molecule has 2 atom stereocenters. The largest absolute Gasteiger partial charge is 0.356 e. The molecule has 2 N–H and O–H groups in total. The van der Waals surface area contributed by atoms with Crippen molar-refractivity contribution in [2.45, 2.75) is 19.3 Å². The third-order valence-electron chi connectivity index (χ3n) is 4.62. The van der Waals surface area contributed by atoms with Crippen molar-refractivity contribution in [3.63, 3.8) is 0 Å². The zero-order valence-electron chi connectivity index (χ0n) is 14.6. The van der Waals surface area contributed by atoms with Gasteiger partial charge in [-0.05, 0) is 42.5 Å². The van der Waals surface area contributed by atoms with Crippen LogP contribution in [0.25, 0.3) is 0 Å². The van der Waals surface area contributed by atoms with Gasteiger partial charge < -0.3 is 10.6 Å². The lowest BCUT2D eigenvalue weighted by molar-refractivity contribution is -0.127. The monoisotopic (exact) mass is 370 g/mol. The van der Waals surface area contributed by atoms with Crippen LogP contribution in [-0.2, 0) is 22.4 Å². The van der Waals surface area contributed by atoms with E-state index in [1.165, 1.54) is 5.56 Å². The van der Waals surface area contributed by atoms with Crippen molar-refractivity contribution in [2.75, 3.05) is 13.1 Å². The predicted octanol–water partition coefficient (Wildman–Crippen LogP) is 2.99. The Morgan fingerprint density at radius 2 is 1.42 bits per heavy atom. The average molecular weight is 371 g/mol. The van der Waals surface area contributed by atoms with E-state index in [2.05, 4.69) is 10.6 Å². The van der Waals surface area contributed by atoms with Crippen molar-refractivity contribution in [3.05, 3.63) is 70.7 Å². The molecule has 2 aromatic rings. The van der Waals surface area contributed by atoms with Crippen LogP contribution in [0.2, 0.25) is 5.02 Å². The molecular weight excluding hydrogens is 348 g/mol. The van der Waals surface area contributed by atoms with E-state index in [4.69, 9.17) is 11.6 Å². The number of carbonyl (C=O) groups excluding carboxylic acids is 2. The summed E-state index contributed by atoms with van der Waals surface area (Å²) >= 11 is 5.95. The Balaban J connectivity index is 1.33. The fourth-order valence-electron chi connectivity index (χ4n) is 3.03. The summed E-state index contributed by atoms with van der Waals surface area (Å²) in [5.74, 6) is -0.422. The van der Waals surface area contributed by atoms with Crippen LogP contribution in [0.1, 0.15) is 17.5 Å². The Morgan fingerprint density at radius 1 is 0.846 bits per heavy atom. The number of hydrogen-bond donors (Lipinski definition) is 2. The van der Waals surface area contributed by atoms with Crippen LogP contribution >= 0.6 is 11.6 Å². The van der Waals surface area contributed by atoms with Gasteiger partial charge in [0.05, 0.1) is 11.8 Å². The molecule has 0 saturated heterocycles. The van der Waals surface area contributed by atoms with Crippen LogP contribution in [0.5, 0.6) is 0 Å². The highest BCUT2D eigenvalue weighted by Crippen LogP contribution is 2.38. The number of rotatable bonds is 8. The molecule has 0 heterocycles. The fourth-order valence-corrected chi connectivity index (χ4v) is 3.25. The number of carbonyl (C=O) groups is 2. The summed E-state index contributed by atoms with van der Waals surface area (Å²) in [6.07, 6.45) is 2.17. The minimum absolute atomic E-state index is 0.0177. The van der Waals surface area contributed by atoms with Crippen molar-refractivity contribution in [1.29, 1.82) is 0 Å². The third kappa shape index (κ3) is 5.33. The molecule has 5 heteroatoms. The Labute approximate surface area is 158 Å². The summed E-state index contributed by atoms with van der Waals surface area (Å²) < 4.78 is 0. The highest BCUT2D eigenvalue weighted by atomic mass is 35.5. The van der Waals surface area contributed by atoms with Gasteiger partial charge in [-0.15, -0.1) is 0 Å². The SMILES string of the molecule is O=C(NCCc1ccccc1)C1CC1C(=O)NCCc1cccc(Cl)c1. The minimum atomic E-state index is -0.189. The van der Waals surface area contributed by atoms with Gasteiger partial charge in [0.15, 0.2) is 0 Å². The minimum Gasteiger partial charge on any atom is -0.356 e. The molecule has 0 aliphatic heterocycles. The average Bonchev–Trinajstić information content (AvgIpc) is 3.43. The molecule has 2 aromatic carbocycles. The normalized spacial score (nSPS) is 18.2. The topological polar surface area (TPSA) is 58.2 Å². The molecule has 136 valence electrons. The number of amides is 2. The van der Waals surface area contributed by atoms with Gasteiger partial charge in [-0.1, -0.05) is 54.1 Å². The Morgan fingerprint density at radius 3 is 2.04 bits per heavy atom. The van der Waals surface area contributed by atoms with Crippen molar-refractivity contribution in [1.82, 2.24) is 10.6 Å². The van der Waals surface area contributed by atoms with Gasteiger partial charge in [0.1, 0.15) is 0 Å². The maximum Gasteiger partial charge on any atom is 0.223 e. The van der Waals surface area contributed by atoms with E-state index in [1.54, 1.807) is 0 Å². The standard InChI is InChI=1S/C21H23ClN2O2/c22-17-8-4-7-16(13-17)10-12-24-21(26)19-14-18(19)20(25)23-11-9-15-5-2-1-3-6-15/h1-8,13,18-19H,9-12,14H2,(H,23,25)(H,24,26). The van der Waals surface area contributed by atoms with Crippen LogP contribution < -0.4 is 10.6 Å². The maximum absolute atomic E-state index is 12.2. The van der Waals surface area contributed by atoms with Gasteiger partial charge in [-0.2, -0.15) is 0 Å². The first-order valence-electron chi connectivity index (χ1n) is 8.97. The second kappa shape index (κ2) is 8.86. The summed E-state index contributed by atoms with van der Waals surface area (Å²) in [4.78, 5) is 24.3. The molecule has 0 spiro atoms. The van der Waals surface area contributed by atoms with Crippen LogP contribution in [0.15, 0.2) is 54.6 Å². The number of benzene rings is 2. The second-order valence-corrected chi connectivity index (χ2v) is 7.08. The third-order valence-corrected chi connectivity index (χ3v) is 4.86. The molecule has 0 aromatic heterocycles.